The normalized spacial score (nSPS) is 32.0. The van der Waals surface area contributed by atoms with Gasteiger partial charge in [-0.3, -0.25) is 0 Å². The maximum atomic E-state index is 6.27. The van der Waals surface area contributed by atoms with Crippen LogP contribution in [0.5, 0.6) is 0 Å². The summed E-state index contributed by atoms with van der Waals surface area (Å²) in [5, 5.41) is 0. The number of rotatable bonds is 4. The lowest BCUT2D eigenvalue weighted by Crippen LogP contribution is -2.49. The highest BCUT2D eigenvalue weighted by atomic mass is 16.7. The molecule has 0 N–H and O–H groups in total. The van der Waals surface area contributed by atoms with Crippen LogP contribution >= 0.6 is 0 Å². The smallest absolute Gasteiger partial charge is 0.186 e. The highest BCUT2D eigenvalue weighted by Crippen LogP contribution is 2.44. The molecule has 0 saturated carbocycles. The van der Waals surface area contributed by atoms with Crippen molar-refractivity contribution in [1.82, 2.24) is 0 Å². The molecule has 3 atom stereocenters. The number of hydrogen-bond acceptors (Lipinski definition) is 2. The Labute approximate surface area is 128 Å². The van der Waals surface area contributed by atoms with Gasteiger partial charge in [0.15, 0.2) is 6.29 Å². The Balaban J connectivity index is 2.42. The van der Waals surface area contributed by atoms with Crippen LogP contribution in [0.1, 0.15) is 51.9 Å². The van der Waals surface area contributed by atoms with Crippen molar-refractivity contribution < 1.29 is 9.47 Å². The minimum atomic E-state index is -0.474. The Morgan fingerprint density at radius 1 is 1.24 bits per heavy atom. The van der Waals surface area contributed by atoms with Gasteiger partial charge in [0, 0.05) is 12.0 Å². The summed E-state index contributed by atoms with van der Waals surface area (Å²) in [6.45, 7) is 10.1. The molecule has 1 aromatic carbocycles. The summed E-state index contributed by atoms with van der Waals surface area (Å²) in [6.07, 6.45) is 3.92. The molecule has 2 rings (SSSR count). The minimum absolute atomic E-state index is 0.390. The third-order valence-electron chi connectivity index (χ3n) is 4.23. The van der Waals surface area contributed by atoms with Crippen molar-refractivity contribution in [2.24, 2.45) is 0 Å². The molecule has 0 bridgehead atoms. The van der Waals surface area contributed by atoms with E-state index in [0.717, 1.165) is 24.8 Å². The fraction of sp³-hybridized carbons (Fsp3) is 0.474. The van der Waals surface area contributed by atoms with Crippen LogP contribution in [-0.2, 0) is 9.47 Å². The van der Waals surface area contributed by atoms with Crippen LogP contribution in [0.15, 0.2) is 43.0 Å². The van der Waals surface area contributed by atoms with Crippen molar-refractivity contribution in [3.63, 3.8) is 0 Å². The summed E-state index contributed by atoms with van der Waals surface area (Å²) in [4.78, 5) is 0. The molecule has 0 aromatic heterocycles. The molecule has 1 aromatic rings. The fourth-order valence-electron chi connectivity index (χ4n) is 2.83. The van der Waals surface area contributed by atoms with E-state index in [2.05, 4.69) is 32.3 Å². The molecule has 112 valence electrons. The highest BCUT2D eigenvalue weighted by molar-refractivity contribution is 5.23. The van der Waals surface area contributed by atoms with Crippen molar-refractivity contribution in [1.29, 1.82) is 0 Å². The van der Waals surface area contributed by atoms with E-state index in [1.807, 2.05) is 43.3 Å². The second kappa shape index (κ2) is 6.47. The molecule has 0 radical (unpaired) electrons. The van der Waals surface area contributed by atoms with Crippen LogP contribution in [-0.4, -0.2) is 11.2 Å². The molecular weight excluding hydrogens is 260 g/mol. The van der Waals surface area contributed by atoms with Gasteiger partial charge in [-0.2, -0.15) is 0 Å². The first-order valence-electron chi connectivity index (χ1n) is 7.60. The average molecular weight is 284 g/mol. The first kappa shape index (κ1) is 15.8. The predicted octanol–water partition coefficient (Wildman–Crippen LogP) is 4.63. The lowest BCUT2D eigenvalue weighted by Gasteiger charge is -2.47. The zero-order valence-corrected chi connectivity index (χ0v) is 13.2. The topological polar surface area (TPSA) is 18.5 Å². The number of benzene rings is 1. The Bertz CT molecular complexity index is 540. The summed E-state index contributed by atoms with van der Waals surface area (Å²) in [5.74, 6) is 6.29. The van der Waals surface area contributed by atoms with Gasteiger partial charge in [0.2, 0.25) is 0 Å². The standard InChI is InChI=1S/C19H24O2/c1-5-14-19(8-4)15-18(6-2,7-3)20-17(21-19)16-12-10-9-11-13-16/h6,9-13,17H,2,7-8,15H2,1,3-4H3/t17-,18+,19+/m1/s1. The van der Waals surface area contributed by atoms with Gasteiger partial charge in [0.1, 0.15) is 5.60 Å². The Kier molecular flexibility index (Phi) is 4.88. The van der Waals surface area contributed by atoms with E-state index in [0.29, 0.717) is 0 Å². The van der Waals surface area contributed by atoms with Crippen LogP contribution in [0.4, 0.5) is 0 Å². The summed E-state index contributed by atoms with van der Waals surface area (Å²) < 4.78 is 12.5. The van der Waals surface area contributed by atoms with Gasteiger partial charge in [-0.25, -0.2) is 0 Å². The summed E-state index contributed by atoms with van der Waals surface area (Å²) >= 11 is 0. The lowest BCUT2D eigenvalue weighted by molar-refractivity contribution is -0.295. The Morgan fingerprint density at radius 3 is 2.48 bits per heavy atom. The minimum Gasteiger partial charge on any atom is -0.338 e. The first-order valence-corrected chi connectivity index (χ1v) is 7.60. The van der Waals surface area contributed by atoms with E-state index in [1.54, 1.807) is 0 Å². The van der Waals surface area contributed by atoms with E-state index >= 15 is 0 Å². The second-order valence-corrected chi connectivity index (χ2v) is 5.50. The van der Waals surface area contributed by atoms with Crippen molar-refractivity contribution in [3.05, 3.63) is 48.6 Å². The van der Waals surface area contributed by atoms with Crippen LogP contribution in [0.25, 0.3) is 0 Å². The van der Waals surface area contributed by atoms with Crippen LogP contribution < -0.4 is 0 Å². The van der Waals surface area contributed by atoms with Crippen molar-refractivity contribution >= 4 is 0 Å². The summed E-state index contributed by atoms with van der Waals surface area (Å²) in [6, 6.07) is 10.0. The van der Waals surface area contributed by atoms with Crippen molar-refractivity contribution in [2.75, 3.05) is 0 Å². The van der Waals surface area contributed by atoms with Crippen LogP contribution in [0, 0.1) is 11.8 Å². The lowest BCUT2D eigenvalue weighted by atomic mass is 9.82. The van der Waals surface area contributed by atoms with Gasteiger partial charge in [0.05, 0.1) is 5.60 Å². The molecular formula is C19H24O2. The predicted molar refractivity (Wildman–Crippen MR) is 85.7 cm³/mol. The van der Waals surface area contributed by atoms with Gasteiger partial charge in [-0.1, -0.05) is 56.2 Å². The van der Waals surface area contributed by atoms with Crippen molar-refractivity contribution in [3.8, 4) is 11.8 Å². The molecule has 1 heterocycles. The molecule has 1 saturated heterocycles. The van der Waals surface area contributed by atoms with Gasteiger partial charge in [-0.05, 0) is 19.8 Å². The second-order valence-electron chi connectivity index (χ2n) is 5.50. The quantitative estimate of drug-likeness (QED) is 0.593. The number of hydrogen-bond donors (Lipinski definition) is 0. The zero-order valence-electron chi connectivity index (χ0n) is 13.2. The first-order chi connectivity index (χ1) is 10.1. The Hall–Kier alpha value is -1.56. The van der Waals surface area contributed by atoms with Crippen LogP contribution in [0.3, 0.4) is 0 Å². The average Bonchev–Trinajstić information content (AvgIpc) is 2.55. The van der Waals surface area contributed by atoms with Gasteiger partial charge >= 0.3 is 0 Å². The van der Waals surface area contributed by atoms with Crippen LogP contribution in [0.2, 0.25) is 0 Å². The summed E-state index contributed by atoms with van der Waals surface area (Å²) in [7, 11) is 0. The molecule has 0 aliphatic carbocycles. The van der Waals surface area contributed by atoms with Gasteiger partial charge in [0.25, 0.3) is 0 Å². The number of ether oxygens (including phenoxy) is 2. The van der Waals surface area contributed by atoms with Crippen molar-refractivity contribution in [2.45, 2.75) is 57.5 Å². The highest BCUT2D eigenvalue weighted by Gasteiger charge is 2.47. The maximum absolute atomic E-state index is 6.27. The monoisotopic (exact) mass is 284 g/mol. The van der Waals surface area contributed by atoms with E-state index in [9.17, 15) is 0 Å². The molecule has 0 spiro atoms. The van der Waals surface area contributed by atoms with Gasteiger partial charge < -0.3 is 9.47 Å². The van der Waals surface area contributed by atoms with E-state index in [1.165, 1.54) is 0 Å². The molecule has 0 unspecified atom stereocenters. The maximum Gasteiger partial charge on any atom is 0.186 e. The molecule has 0 amide bonds. The molecule has 21 heavy (non-hydrogen) atoms. The molecule has 1 fully saturated rings. The summed E-state index contributed by atoms with van der Waals surface area (Å²) in [5.41, 5.74) is 0.156. The Morgan fingerprint density at radius 2 is 1.95 bits per heavy atom. The zero-order chi connectivity index (χ0) is 15.3. The molecule has 2 heteroatoms. The molecule has 1 aliphatic rings. The SMILES string of the molecule is C=C[C@]1(CC)C[C@@](C#CC)(CC)O[C@H](c2ccccc2)O1. The largest absolute Gasteiger partial charge is 0.338 e. The third-order valence-corrected chi connectivity index (χ3v) is 4.23. The van der Waals surface area contributed by atoms with E-state index in [4.69, 9.17) is 9.47 Å². The van der Waals surface area contributed by atoms with Gasteiger partial charge in [-0.15, -0.1) is 12.5 Å². The fourth-order valence-corrected chi connectivity index (χ4v) is 2.83. The molecule has 1 aliphatic heterocycles. The van der Waals surface area contributed by atoms with E-state index in [-0.39, 0.29) is 0 Å². The van der Waals surface area contributed by atoms with E-state index < -0.39 is 17.5 Å². The third kappa shape index (κ3) is 3.20. The molecule has 2 nitrogen and oxygen atoms in total.